The zero-order valence-electron chi connectivity index (χ0n) is 11.1. The molecular weight excluding hydrogens is 293 g/mol. The van der Waals surface area contributed by atoms with Gasteiger partial charge < -0.3 is 4.90 Å². The zero-order chi connectivity index (χ0) is 13.1. The van der Waals surface area contributed by atoms with Crippen molar-refractivity contribution in [3.8, 4) is 0 Å². The van der Waals surface area contributed by atoms with Gasteiger partial charge in [-0.05, 0) is 30.4 Å². The number of halogens is 2. The first-order valence-electron chi connectivity index (χ1n) is 6.69. The predicted molar refractivity (Wildman–Crippen MR) is 78.9 cm³/mol. The second-order valence-corrected chi connectivity index (χ2v) is 5.98. The summed E-state index contributed by atoms with van der Waals surface area (Å²) < 4.78 is 14.1. The van der Waals surface area contributed by atoms with E-state index in [0.717, 1.165) is 17.2 Å². The van der Waals surface area contributed by atoms with E-state index in [4.69, 9.17) is 0 Å². The van der Waals surface area contributed by atoms with Gasteiger partial charge in [0.1, 0.15) is 5.82 Å². The van der Waals surface area contributed by atoms with Crippen LogP contribution in [-0.2, 0) is 5.33 Å². The smallest absolute Gasteiger partial charge is 0.146 e. The van der Waals surface area contributed by atoms with E-state index in [1.54, 1.807) is 12.1 Å². The maximum atomic E-state index is 14.1. The Hall–Kier alpha value is -0.570. The third-order valence-electron chi connectivity index (χ3n) is 4.02. The molecule has 1 aliphatic rings. The van der Waals surface area contributed by atoms with E-state index in [1.165, 1.54) is 25.7 Å². The van der Waals surface area contributed by atoms with Crippen LogP contribution in [0.3, 0.4) is 0 Å². The molecule has 0 heterocycles. The molecule has 0 bridgehead atoms. The van der Waals surface area contributed by atoms with E-state index in [9.17, 15) is 4.39 Å². The largest absolute Gasteiger partial charge is 0.369 e. The first kappa shape index (κ1) is 13.9. The molecule has 1 aromatic rings. The molecule has 0 radical (unpaired) electrons. The third-order valence-corrected chi connectivity index (χ3v) is 4.63. The van der Waals surface area contributed by atoms with Crippen molar-refractivity contribution in [3.63, 3.8) is 0 Å². The van der Waals surface area contributed by atoms with Crippen LogP contribution in [0, 0.1) is 11.7 Å². The van der Waals surface area contributed by atoms with E-state index in [2.05, 4.69) is 27.8 Å². The van der Waals surface area contributed by atoms with Crippen LogP contribution in [0.5, 0.6) is 0 Å². The number of hydrogen-bond acceptors (Lipinski definition) is 1. The van der Waals surface area contributed by atoms with Gasteiger partial charge in [0.25, 0.3) is 0 Å². The lowest BCUT2D eigenvalue weighted by atomic mass is 9.86. The number of benzene rings is 1. The van der Waals surface area contributed by atoms with E-state index in [0.29, 0.717) is 11.4 Å². The molecule has 2 rings (SSSR count). The SMILES string of the molecule is CC1CCCC(N(C)c2c(F)cccc2CBr)C1. The summed E-state index contributed by atoms with van der Waals surface area (Å²) in [5.74, 6) is 0.651. The lowest BCUT2D eigenvalue weighted by Gasteiger charge is -2.36. The molecule has 100 valence electrons. The number of nitrogens with zero attached hydrogens (tertiary/aromatic N) is 1. The molecular formula is C15H21BrFN. The Labute approximate surface area is 118 Å². The molecule has 1 aliphatic carbocycles. The van der Waals surface area contributed by atoms with Crippen LogP contribution in [0.4, 0.5) is 10.1 Å². The lowest BCUT2D eigenvalue weighted by Crippen LogP contribution is -2.36. The van der Waals surface area contributed by atoms with Crippen LogP contribution in [0.1, 0.15) is 38.2 Å². The van der Waals surface area contributed by atoms with Crippen LogP contribution < -0.4 is 4.90 Å². The Morgan fingerprint density at radius 3 is 2.83 bits per heavy atom. The van der Waals surface area contributed by atoms with Crippen LogP contribution in [-0.4, -0.2) is 13.1 Å². The van der Waals surface area contributed by atoms with Gasteiger partial charge in [-0.2, -0.15) is 0 Å². The van der Waals surface area contributed by atoms with E-state index in [-0.39, 0.29) is 5.82 Å². The molecule has 1 saturated carbocycles. The summed E-state index contributed by atoms with van der Waals surface area (Å²) >= 11 is 3.45. The second-order valence-electron chi connectivity index (χ2n) is 5.42. The minimum atomic E-state index is -0.104. The quantitative estimate of drug-likeness (QED) is 0.729. The molecule has 0 spiro atoms. The van der Waals surface area contributed by atoms with Gasteiger partial charge in [0.2, 0.25) is 0 Å². The second kappa shape index (κ2) is 6.05. The molecule has 0 aliphatic heterocycles. The molecule has 0 amide bonds. The van der Waals surface area contributed by atoms with Crippen LogP contribution >= 0.6 is 15.9 Å². The van der Waals surface area contributed by atoms with Crippen molar-refractivity contribution < 1.29 is 4.39 Å². The molecule has 0 saturated heterocycles. The fourth-order valence-electron chi connectivity index (χ4n) is 3.00. The summed E-state index contributed by atoms with van der Waals surface area (Å²) in [6.45, 7) is 2.30. The topological polar surface area (TPSA) is 3.24 Å². The third kappa shape index (κ3) is 2.87. The van der Waals surface area contributed by atoms with Crippen molar-refractivity contribution >= 4 is 21.6 Å². The summed E-state index contributed by atoms with van der Waals surface area (Å²) in [6.07, 6.45) is 4.92. The fourth-order valence-corrected chi connectivity index (χ4v) is 3.45. The summed E-state index contributed by atoms with van der Waals surface area (Å²) in [4.78, 5) is 2.15. The standard InChI is InChI=1S/C15H21BrFN/c1-11-5-3-7-13(9-11)18(2)15-12(10-16)6-4-8-14(15)17/h4,6,8,11,13H,3,5,7,9-10H2,1-2H3. The van der Waals surface area contributed by atoms with Crippen LogP contribution in [0.25, 0.3) is 0 Å². The average Bonchev–Trinajstić information content (AvgIpc) is 2.37. The Bertz CT molecular complexity index is 407. The van der Waals surface area contributed by atoms with Gasteiger partial charge in [-0.3, -0.25) is 0 Å². The highest BCUT2D eigenvalue weighted by Crippen LogP contribution is 2.33. The van der Waals surface area contributed by atoms with E-state index in [1.807, 2.05) is 13.1 Å². The van der Waals surface area contributed by atoms with Gasteiger partial charge in [0.05, 0.1) is 5.69 Å². The predicted octanol–water partition coefficient (Wildman–Crippen LogP) is 4.74. The van der Waals surface area contributed by atoms with E-state index < -0.39 is 0 Å². The summed E-state index contributed by atoms with van der Waals surface area (Å²) in [7, 11) is 2.04. The summed E-state index contributed by atoms with van der Waals surface area (Å²) in [5.41, 5.74) is 1.81. The van der Waals surface area contributed by atoms with Crippen molar-refractivity contribution in [1.29, 1.82) is 0 Å². The molecule has 2 atom stereocenters. The van der Waals surface area contributed by atoms with Crippen LogP contribution in [0.15, 0.2) is 18.2 Å². The number of anilines is 1. The number of rotatable bonds is 3. The van der Waals surface area contributed by atoms with Crippen molar-refractivity contribution in [2.45, 2.75) is 44.0 Å². The summed E-state index contributed by atoms with van der Waals surface area (Å²) in [5, 5.41) is 0.701. The van der Waals surface area contributed by atoms with Gasteiger partial charge in [0, 0.05) is 18.4 Å². The highest BCUT2D eigenvalue weighted by Gasteiger charge is 2.25. The molecule has 18 heavy (non-hydrogen) atoms. The van der Waals surface area contributed by atoms with Gasteiger partial charge in [-0.25, -0.2) is 4.39 Å². The molecule has 0 aromatic heterocycles. The molecule has 1 nitrogen and oxygen atoms in total. The normalized spacial score (nSPS) is 24.0. The van der Waals surface area contributed by atoms with Crippen molar-refractivity contribution in [2.24, 2.45) is 5.92 Å². The monoisotopic (exact) mass is 313 g/mol. The number of hydrogen-bond donors (Lipinski definition) is 0. The van der Waals surface area contributed by atoms with E-state index >= 15 is 0 Å². The molecule has 0 N–H and O–H groups in total. The van der Waals surface area contributed by atoms with Gasteiger partial charge >= 0.3 is 0 Å². The summed E-state index contributed by atoms with van der Waals surface area (Å²) in [6, 6.07) is 5.82. The first-order valence-corrected chi connectivity index (χ1v) is 7.81. The maximum Gasteiger partial charge on any atom is 0.146 e. The molecule has 1 fully saturated rings. The minimum Gasteiger partial charge on any atom is -0.369 e. The van der Waals surface area contributed by atoms with Gasteiger partial charge in [-0.15, -0.1) is 0 Å². The number of para-hydroxylation sites is 1. The lowest BCUT2D eigenvalue weighted by molar-refractivity contribution is 0.335. The van der Waals surface area contributed by atoms with Gasteiger partial charge in [-0.1, -0.05) is 47.8 Å². The van der Waals surface area contributed by atoms with Gasteiger partial charge in [0.15, 0.2) is 0 Å². The Balaban J connectivity index is 2.24. The Kier molecular flexibility index (Phi) is 4.66. The maximum absolute atomic E-state index is 14.1. The highest BCUT2D eigenvalue weighted by molar-refractivity contribution is 9.08. The number of alkyl halides is 1. The van der Waals surface area contributed by atoms with Crippen LogP contribution in [0.2, 0.25) is 0 Å². The van der Waals surface area contributed by atoms with Crippen molar-refractivity contribution in [3.05, 3.63) is 29.6 Å². The zero-order valence-corrected chi connectivity index (χ0v) is 12.7. The Morgan fingerprint density at radius 2 is 2.17 bits per heavy atom. The Morgan fingerprint density at radius 1 is 1.39 bits per heavy atom. The molecule has 1 aromatic carbocycles. The van der Waals surface area contributed by atoms with Crippen molar-refractivity contribution in [2.75, 3.05) is 11.9 Å². The first-order chi connectivity index (χ1) is 8.63. The molecule has 2 unspecified atom stereocenters. The highest BCUT2D eigenvalue weighted by atomic mass is 79.9. The fraction of sp³-hybridized carbons (Fsp3) is 0.600. The molecule has 3 heteroatoms. The minimum absolute atomic E-state index is 0.104. The average molecular weight is 314 g/mol. The van der Waals surface area contributed by atoms with Crippen molar-refractivity contribution in [1.82, 2.24) is 0 Å².